The van der Waals surface area contributed by atoms with E-state index in [1.807, 2.05) is 49.4 Å². The van der Waals surface area contributed by atoms with Gasteiger partial charge in [-0.15, -0.1) is 0 Å². The minimum absolute atomic E-state index is 0.174. The van der Waals surface area contributed by atoms with Crippen LogP contribution in [0.4, 0.5) is 4.79 Å². The molecule has 0 aliphatic rings. The lowest BCUT2D eigenvalue weighted by atomic mass is 9.99. The molecule has 0 aliphatic heterocycles. The maximum atomic E-state index is 14.5. The van der Waals surface area contributed by atoms with E-state index in [2.05, 4.69) is 17.6 Å². The molecular formula is C38H57N3O7. The molecule has 10 heteroatoms. The van der Waals surface area contributed by atoms with Crippen LogP contribution in [0.15, 0.2) is 54.6 Å². The molecule has 48 heavy (non-hydrogen) atoms. The van der Waals surface area contributed by atoms with E-state index >= 15 is 0 Å². The number of amides is 3. The van der Waals surface area contributed by atoms with Gasteiger partial charge in [-0.25, -0.2) is 9.59 Å². The molecule has 0 heterocycles. The Hall–Kier alpha value is -3.92. The Balaban J connectivity index is 2.55. The van der Waals surface area contributed by atoms with Crippen molar-refractivity contribution in [2.24, 2.45) is 0 Å². The maximum Gasteiger partial charge on any atom is 0.408 e. The Kier molecular flexibility index (Phi) is 16.1. The van der Waals surface area contributed by atoms with Crippen LogP contribution in [0.1, 0.15) is 110 Å². The molecule has 10 nitrogen and oxygen atoms in total. The Morgan fingerprint density at radius 3 is 1.92 bits per heavy atom. The second kappa shape index (κ2) is 19.2. The highest BCUT2D eigenvalue weighted by Crippen LogP contribution is 2.25. The summed E-state index contributed by atoms with van der Waals surface area (Å²) in [4.78, 5) is 56.3. The van der Waals surface area contributed by atoms with E-state index in [9.17, 15) is 24.3 Å². The van der Waals surface area contributed by atoms with E-state index in [0.717, 1.165) is 43.2 Å². The first kappa shape index (κ1) is 40.3. The van der Waals surface area contributed by atoms with Crippen LogP contribution in [0.5, 0.6) is 0 Å². The highest BCUT2D eigenvalue weighted by Gasteiger charge is 2.38. The molecule has 0 aliphatic carbocycles. The smallest absolute Gasteiger partial charge is 0.408 e. The van der Waals surface area contributed by atoms with Gasteiger partial charge < -0.3 is 30.1 Å². The van der Waals surface area contributed by atoms with Gasteiger partial charge in [0.2, 0.25) is 11.8 Å². The summed E-state index contributed by atoms with van der Waals surface area (Å²) in [7, 11) is 0. The number of esters is 1. The fourth-order valence-corrected chi connectivity index (χ4v) is 5.15. The molecule has 3 amide bonds. The zero-order valence-corrected chi connectivity index (χ0v) is 30.1. The van der Waals surface area contributed by atoms with Crippen molar-refractivity contribution in [3.63, 3.8) is 0 Å². The fourth-order valence-electron chi connectivity index (χ4n) is 5.15. The van der Waals surface area contributed by atoms with Crippen molar-refractivity contribution >= 4 is 23.9 Å². The molecule has 0 radical (unpaired) electrons. The van der Waals surface area contributed by atoms with Crippen LogP contribution in [0.25, 0.3) is 0 Å². The number of carbonyl (C=O) groups excluding carboxylic acids is 4. The van der Waals surface area contributed by atoms with Crippen LogP contribution < -0.4 is 10.6 Å². The second-order valence-corrected chi connectivity index (χ2v) is 14.3. The summed E-state index contributed by atoms with van der Waals surface area (Å²) in [6, 6.07) is 13.0. The number of hydrogen-bond acceptors (Lipinski definition) is 7. The Morgan fingerprint density at radius 1 is 0.771 bits per heavy atom. The SMILES string of the molecule is CCCCCCCCN(C(=O)C(CO)NC(=O)OC(C)(C)C)C(C(=O)NC(Cc1ccccc1)C(=O)OC(C)(C)C)c1ccc(C)cc1. The second-order valence-electron chi connectivity index (χ2n) is 14.3. The number of hydrogen-bond donors (Lipinski definition) is 3. The average molecular weight is 668 g/mol. The molecule has 0 fully saturated rings. The van der Waals surface area contributed by atoms with Gasteiger partial charge in [0.1, 0.15) is 29.3 Å². The molecule has 0 spiro atoms. The fraction of sp³-hybridized carbons (Fsp3) is 0.579. The van der Waals surface area contributed by atoms with E-state index in [1.165, 1.54) is 4.90 Å². The van der Waals surface area contributed by atoms with E-state index in [-0.39, 0.29) is 13.0 Å². The summed E-state index contributed by atoms with van der Waals surface area (Å²) in [6.45, 7) is 13.9. The van der Waals surface area contributed by atoms with Crippen molar-refractivity contribution in [2.75, 3.05) is 13.2 Å². The normalized spacial score (nSPS) is 13.5. The Bertz CT molecular complexity index is 1300. The number of nitrogens with zero attached hydrogens (tertiary/aromatic N) is 1. The number of ether oxygens (including phenoxy) is 2. The third-order valence-electron chi connectivity index (χ3n) is 7.45. The topological polar surface area (TPSA) is 134 Å². The van der Waals surface area contributed by atoms with Gasteiger partial charge in [-0.05, 0) is 66.0 Å². The van der Waals surface area contributed by atoms with Gasteiger partial charge >= 0.3 is 12.1 Å². The van der Waals surface area contributed by atoms with E-state index in [1.54, 1.807) is 53.7 Å². The molecule has 0 aromatic heterocycles. The van der Waals surface area contributed by atoms with Gasteiger partial charge in [-0.1, -0.05) is 99.2 Å². The van der Waals surface area contributed by atoms with Gasteiger partial charge in [-0.2, -0.15) is 0 Å². The Labute approximate surface area is 287 Å². The van der Waals surface area contributed by atoms with Gasteiger partial charge in [0.15, 0.2) is 0 Å². The number of carbonyl (C=O) groups is 4. The van der Waals surface area contributed by atoms with Crippen LogP contribution in [0.2, 0.25) is 0 Å². The van der Waals surface area contributed by atoms with Crippen LogP contribution in [0.3, 0.4) is 0 Å². The van der Waals surface area contributed by atoms with Crippen LogP contribution in [-0.4, -0.2) is 70.3 Å². The molecule has 0 saturated heterocycles. The number of aryl methyl sites for hydroxylation is 1. The van der Waals surface area contributed by atoms with Crippen molar-refractivity contribution in [1.29, 1.82) is 0 Å². The van der Waals surface area contributed by atoms with Crippen LogP contribution in [-0.2, 0) is 30.3 Å². The summed E-state index contributed by atoms with van der Waals surface area (Å²) in [5.41, 5.74) is 0.679. The van der Waals surface area contributed by atoms with Crippen LogP contribution >= 0.6 is 0 Å². The lowest BCUT2D eigenvalue weighted by Gasteiger charge is -2.35. The lowest BCUT2D eigenvalue weighted by molar-refractivity contribution is -0.159. The first-order valence-corrected chi connectivity index (χ1v) is 17.1. The molecule has 3 N–H and O–H groups in total. The number of benzene rings is 2. The average Bonchev–Trinajstić information content (AvgIpc) is 2.99. The number of unbranched alkanes of at least 4 members (excludes halogenated alkanes) is 5. The Morgan fingerprint density at radius 2 is 1.35 bits per heavy atom. The first-order chi connectivity index (χ1) is 22.5. The predicted octanol–water partition coefficient (Wildman–Crippen LogP) is 6.18. The minimum Gasteiger partial charge on any atom is -0.458 e. The molecule has 3 unspecified atom stereocenters. The van der Waals surface area contributed by atoms with Crippen molar-refractivity contribution in [1.82, 2.24) is 15.5 Å². The predicted molar refractivity (Wildman–Crippen MR) is 187 cm³/mol. The highest BCUT2D eigenvalue weighted by molar-refractivity contribution is 5.94. The van der Waals surface area contributed by atoms with Crippen LogP contribution in [0, 0.1) is 6.92 Å². The van der Waals surface area contributed by atoms with E-state index in [0.29, 0.717) is 12.0 Å². The van der Waals surface area contributed by atoms with Gasteiger partial charge in [0.25, 0.3) is 0 Å². The zero-order valence-electron chi connectivity index (χ0n) is 30.1. The van der Waals surface area contributed by atoms with Crippen molar-refractivity contribution < 1.29 is 33.8 Å². The van der Waals surface area contributed by atoms with E-state index < -0.39 is 59.8 Å². The third kappa shape index (κ3) is 14.5. The summed E-state index contributed by atoms with van der Waals surface area (Å²) >= 11 is 0. The maximum absolute atomic E-state index is 14.5. The summed E-state index contributed by atoms with van der Waals surface area (Å²) in [5.74, 6) is -1.83. The van der Waals surface area contributed by atoms with Crippen molar-refractivity contribution in [3.05, 3.63) is 71.3 Å². The number of aliphatic hydroxyl groups is 1. The van der Waals surface area contributed by atoms with Gasteiger partial charge in [-0.3, -0.25) is 9.59 Å². The number of nitrogens with one attached hydrogen (secondary N) is 2. The summed E-state index contributed by atoms with van der Waals surface area (Å²) < 4.78 is 11.1. The largest absolute Gasteiger partial charge is 0.458 e. The first-order valence-electron chi connectivity index (χ1n) is 17.1. The summed E-state index contributed by atoms with van der Waals surface area (Å²) in [6.07, 6.45) is 4.95. The molecule has 2 aromatic carbocycles. The molecule has 2 rings (SSSR count). The quantitative estimate of drug-likeness (QED) is 0.136. The molecule has 266 valence electrons. The zero-order chi connectivity index (χ0) is 35.9. The molecule has 3 atom stereocenters. The molecule has 0 saturated carbocycles. The van der Waals surface area contributed by atoms with Crippen molar-refractivity contribution in [3.8, 4) is 0 Å². The van der Waals surface area contributed by atoms with E-state index in [4.69, 9.17) is 9.47 Å². The molecular weight excluding hydrogens is 610 g/mol. The van der Waals surface area contributed by atoms with Gasteiger partial charge in [0.05, 0.1) is 6.61 Å². The monoisotopic (exact) mass is 667 g/mol. The highest BCUT2D eigenvalue weighted by atomic mass is 16.6. The lowest BCUT2D eigenvalue weighted by Crippen LogP contribution is -2.56. The standard InChI is InChI=1S/C38H57N3O7/c1-9-10-11-12-13-17-24-41(34(44)31(26-42)40-36(46)48-38(6,7)8)32(29-22-20-27(2)21-23-29)33(43)39-30(35(45)47-37(3,4)5)25-28-18-15-14-16-19-28/h14-16,18-23,30-32,42H,9-13,17,24-26H2,1-8H3,(H,39,43)(H,40,46). The number of alkyl carbamates (subject to hydrolysis) is 1. The summed E-state index contributed by atoms with van der Waals surface area (Å²) in [5, 5.41) is 15.7. The number of rotatable bonds is 17. The number of aliphatic hydroxyl groups excluding tert-OH is 1. The van der Waals surface area contributed by atoms with Gasteiger partial charge in [0, 0.05) is 13.0 Å². The molecule has 2 aromatic rings. The van der Waals surface area contributed by atoms with Crippen molar-refractivity contribution in [2.45, 2.75) is 130 Å². The molecule has 0 bridgehead atoms. The third-order valence-corrected chi connectivity index (χ3v) is 7.45. The minimum atomic E-state index is -1.37.